The second kappa shape index (κ2) is 4.30. The van der Waals surface area contributed by atoms with Crippen molar-refractivity contribution in [3.05, 3.63) is 42.5 Å². The number of carboxylic acids is 1. The molecule has 1 aromatic carbocycles. The zero-order chi connectivity index (χ0) is 9.68. The van der Waals surface area contributed by atoms with E-state index in [1.165, 1.54) is 6.07 Å². The second-order valence-corrected chi connectivity index (χ2v) is 2.50. The summed E-state index contributed by atoms with van der Waals surface area (Å²) in [4.78, 5) is 10.6. The van der Waals surface area contributed by atoms with Crippen LogP contribution in [-0.4, -0.2) is 12.5 Å². The van der Waals surface area contributed by atoms with Gasteiger partial charge in [-0.15, -0.1) is 6.58 Å². The zero-order valence-corrected chi connectivity index (χ0v) is 7.12. The van der Waals surface area contributed by atoms with Gasteiger partial charge in [0.05, 0.1) is 5.97 Å². The summed E-state index contributed by atoms with van der Waals surface area (Å²) in [5, 5.41) is 13.5. The molecular formula is C10H10NO2-. The van der Waals surface area contributed by atoms with E-state index in [-0.39, 0.29) is 5.56 Å². The third kappa shape index (κ3) is 2.33. The molecule has 0 atom stereocenters. The summed E-state index contributed by atoms with van der Waals surface area (Å²) in [6.07, 6.45) is 1.66. The van der Waals surface area contributed by atoms with Gasteiger partial charge in [0.1, 0.15) is 0 Å². The van der Waals surface area contributed by atoms with Crippen LogP contribution in [-0.2, 0) is 0 Å². The van der Waals surface area contributed by atoms with Crippen LogP contribution >= 0.6 is 0 Å². The molecule has 3 heteroatoms. The van der Waals surface area contributed by atoms with Crippen LogP contribution in [0.5, 0.6) is 0 Å². The molecule has 0 fully saturated rings. The molecule has 0 bridgehead atoms. The molecule has 0 radical (unpaired) electrons. The molecule has 0 aliphatic rings. The zero-order valence-electron chi connectivity index (χ0n) is 7.12. The number of carbonyl (C=O) groups is 1. The largest absolute Gasteiger partial charge is 0.545 e. The lowest BCUT2D eigenvalue weighted by Crippen LogP contribution is -2.23. The van der Waals surface area contributed by atoms with Crippen molar-refractivity contribution < 1.29 is 9.90 Å². The number of anilines is 1. The van der Waals surface area contributed by atoms with Crippen LogP contribution in [0, 0.1) is 0 Å². The van der Waals surface area contributed by atoms with Gasteiger partial charge in [-0.2, -0.15) is 0 Å². The summed E-state index contributed by atoms with van der Waals surface area (Å²) in [5.74, 6) is -1.17. The Bertz CT molecular complexity index is 320. The van der Waals surface area contributed by atoms with E-state index in [4.69, 9.17) is 0 Å². The Labute approximate surface area is 76.7 Å². The van der Waals surface area contributed by atoms with Crippen LogP contribution < -0.4 is 10.4 Å². The molecule has 0 spiro atoms. The molecule has 0 aliphatic carbocycles. The number of benzene rings is 1. The molecule has 1 N–H and O–H groups in total. The Morgan fingerprint density at radius 2 is 2.23 bits per heavy atom. The molecule has 13 heavy (non-hydrogen) atoms. The van der Waals surface area contributed by atoms with E-state index in [2.05, 4.69) is 11.9 Å². The second-order valence-electron chi connectivity index (χ2n) is 2.50. The van der Waals surface area contributed by atoms with Crippen molar-refractivity contribution >= 4 is 11.7 Å². The van der Waals surface area contributed by atoms with Gasteiger partial charge in [-0.05, 0) is 6.07 Å². The number of carboxylic acid groups (broad SMARTS) is 1. The number of aromatic carboxylic acids is 1. The van der Waals surface area contributed by atoms with Gasteiger partial charge >= 0.3 is 0 Å². The molecule has 0 heterocycles. The summed E-state index contributed by atoms with van der Waals surface area (Å²) in [6.45, 7) is 4.06. The molecule has 0 aliphatic heterocycles. The number of nitrogens with one attached hydrogen (secondary N) is 1. The van der Waals surface area contributed by atoms with E-state index in [1.807, 2.05) is 0 Å². The van der Waals surface area contributed by atoms with Gasteiger partial charge in [0, 0.05) is 17.8 Å². The highest BCUT2D eigenvalue weighted by molar-refractivity contribution is 5.92. The fraction of sp³-hybridized carbons (Fsp3) is 0.100. The normalized spacial score (nSPS) is 9.23. The van der Waals surface area contributed by atoms with Crippen molar-refractivity contribution in [2.24, 2.45) is 0 Å². The Hall–Kier alpha value is -1.77. The first kappa shape index (κ1) is 9.32. The van der Waals surface area contributed by atoms with E-state index in [0.29, 0.717) is 12.2 Å². The number of carbonyl (C=O) groups excluding carboxylic acids is 1. The molecule has 0 saturated carbocycles. The molecule has 0 amide bonds. The van der Waals surface area contributed by atoms with Gasteiger partial charge in [0.2, 0.25) is 0 Å². The Kier molecular flexibility index (Phi) is 3.09. The first-order chi connectivity index (χ1) is 6.25. The lowest BCUT2D eigenvalue weighted by molar-refractivity contribution is -0.254. The molecule has 68 valence electrons. The molecule has 0 unspecified atom stereocenters. The molecule has 1 rings (SSSR count). The lowest BCUT2D eigenvalue weighted by Gasteiger charge is -2.10. The van der Waals surface area contributed by atoms with Crippen LogP contribution in [0.3, 0.4) is 0 Å². The van der Waals surface area contributed by atoms with Crippen LogP contribution in [0.25, 0.3) is 0 Å². The summed E-state index contributed by atoms with van der Waals surface area (Å²) < 4.78 is 0. The standard InChI is InChI=1S/C10H11NO2/c1-2-7-11-9-6-4-3-5-8(9)10(12)13/h2-6,11H,1,7H2,(H,12,13)/p-1. The lowest BCUT2D eigenvalue weighted by atomic mass is 10.2. The van der Waals surface area contributed by atoms with Gasteiger partial charge < -0.3 is 15.2 Å². The molecule has 0 saturated heterocycles. The topological polar surface area (TPSA) is 52.2 Å². The average molecular weight is 176 g/mol. The maximum Gasteiger partial charge on any atom is 0.0736 e. The Morgan fingerprint density at radius 1 is 1.54 bits per heavy atom. The third-order valence-electron chi connectivity index (χ3n) is 1.58. The fourth-order valence-corrected chi connectivity index (χ4v) is 0.997. The number of hydrogen-bond donors (Lipinski definition) is 1. The van der Waals surface area contributed by atoms with Crippen molar-refractivity contribution in [3.8, 4) is 0 Å². The summed E-state index contributed by atoms with van der Waals surface area (Å²) >= 11 is 0. The van der Waals surface area contributed by atoms with Crippen LogP contribution in [0.2, 0.25) is 0 Å². The van der Waals surface area contributed by atoms with Crippen LogP contribution in [0.1, 0.15) is 10.4 Å². The minimum atomic E-state index is -1.17. The summed E-state index contributed by atoms with van der Waals surface area (Å²) in [6, 6.07) is 6.61. The van der Waals surface area contributed by atoms with E-state index >= 15 is 0 Å². The van der Waals surface area contributed by atoms with Gasteiger partial charge in [-0.3, -0.25) is 0 Å². The van der Waals surface area contributed by atoms with Gasteiger partial charge in [0.15, 0.2) is 0 Å². The predicted molar refractivity (Wildman–Crippen MR) is 49.5 cm³/mol. The van der Waals surface area contributed by atoms with Gasteiger partial charge in [-0.25, -0.2) is 0 Å². The summed E-state index contributed by atoms with van der Waals surface area (Å²) in [7, 11) is 0. The number of para-hydroxylation sites is 1. The molecule has 3 nitrogen and oxygen atoms in total. The Balaban J connectivity index is 2.90. The quantitative estimate of drug-likeness (QED) is 0.685. The Morgan fingerprint density at radius 3 is 2.85 bits per heavy atom. The van der Waals surface area contributed by atoms with Crippen molar-refractivity contribution in [3.63, 3.8) is 0 Å². The van der Waals surface area contributed by atoms with Crippen molar-refractivity contribution in [2.45, 2.75) is 0 Å². The molecule has 0 aromatic heterocycles. The monoisotopic (exact) mass is 176 g/mol. The molecular weight excluding hydrogens is 166 g/mol. The van der Waals surface area contributed by atoms with Crippen molar-refractivity contribution in [1.29, 1.82) is 0 Å². The predicted octanol–water partition coefficient (Wildman–Crippen LogP) is 0.648. The number of hydrogen-bond acceptors (Lipinski definition) is 3. The van der Waals surface area contributed by atoms with Gasteiger partial charge in [0.25, 0.3) is 0 Å². The van der Waals surface area contributed by atoms with E-state index in [9.17, 15) is 9.90 Å². The molecule has 1 aromatic rings. The van der Waals surface area contributed by atoms with Crippen LogP contribution in [0.15, 0.2) is 36.9 Å². The summed E-state index contributed by atoms with van der Waals surface area (Å²) in [5.41, 5.74) is 0.728. The smallest absolute Gasteiger partial charge is 0.0736 e. The van der Waals surface area contributed by atoms with E-state index in [1.54, 1.807) is 24.3 Å². The highest BCUT2D eigenvalue weighted by atomic mass is 16.4. The van der Waals surface area contributed by atoms with E-state index in [0.717, 1.165) is 0 Å². The fourth-order valence-electron chi connectivity index (χ4n) is 0.997. The van der Waals surface area contributed by atoms with Crippen molar-refractivity contribution in [2.75, 3.05) is 11.9 Å². The van der Waals surface area contributed by atoms with E-state index < -0.39 is 5.97 Å². The van der Waals surface area contributed by atoms with Crippen LogP contribution in [0.4, 0.5) is 5.69 Å². The maximum absolute atomic E-state index is 10.6. The first-order valence-corrected chi connectivity index (χ1v) is 3.91. The third-order valence-corrected chi connectivity index (χ3v) is 1.58. The SMILES string of the molecule is C=CCNc1ccccc1C(=O)[O-]. The highest BCUT2D eigenvalue weighted by Crippen LogP contribution is 2.13. The number of rotatable bonds is 4. The minimum Gasteiger partial charge on any atom is -0.545 e. The minimum absolute atomic E-state index is 0.171. The highest BCUT2D eigenvalue weighted by Gasteiger charge is 1.99. The maximum atomic E-state index is 10.6. The average Bonchev–Trinajstić information content (AvgIpc) is 2.15. The first-order valence-electron chi connectivity index (χ1n) is 3.91. The van der Waals surface area contributed by atoms with Crippen molar-refractivity contribution in [1.82, 2.24) is 0 Å². The van der Waals surface area contributed by atoms with Gasteiger partial charge in [-0.1, -0.05) is 24.3 Å².